The Hall–Kier alpha value is -2.82. The molecular formula is C20H21NO4. The highest BCUT2D eigenvalue weighted by Crippen LogP contribution is 2.25. The Morgan fingerprint density at radius 1 is 0.840 bits per heavy atom. The molecule has 1 N–H and O–H groups in total. The Balaban J connectivity index is 2.00. The number of hydrogen-bond acceptors (Lipinski definition) is 4. The Labute approximate surface area is 146 Å². The molecule has 0 atom stereocenters. The van der Waals surface area contributed by atoms with Crippen LogP contribution in [0.15, 0.2) is 46.6 Å². The summed E-state index contributed by atoms with van der Waals surface area (Å²) in [4.78, 5) is 47.8. The first-order chi connectivity index (χ1) is 11.7. The molecule has 1 aliphatic carbocycles. The van der Waals surface area contributed by atoms with Crippen LogP contribution in [0.5, 0.6) is 0 Å². The predicted molar refractivity (Wildman–Crippen MR) is 94.5 cm³/mol. The Kier molecular flexibility index (Phi) is 5.47. The van der Waals surface area contributed by atoms with Gasteiger partial charge in [0.2, 0.25) is 0 Å². The van der Waals surface area contributed by atoms with E-state index in [1.165, 1.54) is 6.92 Å². The van der Waals surface area contributed by atoms with Gasteiger partial charge in [0, 0.05) is 40.0 Å². The summed E-state index contributed by atoms with van der Waals surface area (Å²) in [6.45, 7) is 6.67. The van der Waals surface area contributed by atoms with Crippen LogP contribution in [0, 0.1) is 0 Å². The van der Waals surface area contributed by atoms with Gasteiger partial charge >= 0.3 is 0 Å². The second kappa shape index (κ2) is 7.38. The van der Waals surface area contributed by atoms with Gasteiger partial charge in [-0.3, -0.25) is 19.2 Å². The van der Waals surface area contributed by atoms with Crippen molar-refractivity contribution in [2.24, 2.45) is 0 Å². The van der Waals surface area contributed by atoms with Gasteiger partial charge in [-0.25, -0.2) is 0 Å². The minimum absolute atomic E-state index is 0.0615. The van der Waals surface area contributed by atoms with E-state index in [2.05, 4.69) is 5.32 Å². The number of carbonyl (C=O) groups is 4. The molecular weight excluding hydrogens is 318 g/mol. The molecule has 5 heteroatoms. The van der Waals surface area contributed by atoms with Crippen molar-refractivity contribution >= 4 is 23.3 Å². The molecule has 0 saturated carbocycles. The third kappa shape index (κ3) is 3.82. The van der Waals surface area contributed by atoms with Gasteiger partial charge in [0.25, 0.3) is 5.91 Å². The summed E-state index contributed by atoms with van der Waals surface area (Å²) >= 11 is 0. The molecule has 130 valence electrons. The first-order valence-electron chi connectivity index (χ1n) is 8.09. The minimum atomic E-state index is -0.286. The fourth-order valence-electron chi connectivity index (χ4n) is 2.72. The van der Waals surface area contributed by atoms with Crippen molar-refractivity contribution in [2.75, 3.05) is 6.54 Å². The highest BCUT2D eigenvalue weighted by Gasteiger charge is 2.27. The predicted octanol–water partition coefficient (Wildman–Crippen LogP) is 2.81. The molecule has 1 aromatic rings. The summed E-state index contributed by atoms with van der Waals surface area (Å²) in [5, 5.41) is 2.74. The molecule has 0 fully saturated rings. The van der Waals surface area contributed by atoms with E-state index in [0.29, 0.717) is 39.8 Å². The second-order valence-corrected chi connectivity index (χ2v) is 6.15. The number of allylic oxidation sites excluding steroid dienone is 3. The number of rotatable bonds is 5. The number of carbonyl (C=O) groups excluding carboxylic acids is 4. The lowest BCUT2D eigenvalue weighted by Crippen LogP contribution is -2.27. The normalized spacial score (nSPS) is 14.9. The van der Waals surface area contributed by atoms with Crippen molar-refractivity contribution in [3.63, 3.8) is 0 Å². The first kappa shape index (κ1) is 18.5. The molecule has 0 unspecified atom stereocenters. The van der Waals surface area contributed by atoms with Crippen LogP contribution in [-0.4, -0.2) is 29.8 Å². The average molecular weight is 339 g/mol. The average Bonchev–Trinajstić information content (AvgIpc) is 2.61. The van der Waals surface area contributed by atoms with Gasteiger partial charge in [0.15, 0.2) is 17.3 Å². The van der Waals surface area contributed by atoms with Crippen molar-refractivity contribution in [2.45, 2.75) is 34.1 Å². The fourth-order valence-corrected chi connectivity index (χ4v) is 2.72. The maximum Gasteiger partial charge on any atom is 0.251 e. The molecule has 25 heavy (non-hydrogen) atoms. The van der Waals surface area contributed by atoms with E-state index in [9.17, 15) is 19.2 Å². The quantitative estimate of drug-likeness (QED) is 0.661. The molecule has 0 radical (unpaired) electrons. The van der Waals surface area contributed by atoms with Crippen molar-refractivity contribution in [1.82, 2.24) is 5.32 Å². The summed E-state index contributed by atoms with van der Waals surface area (Å²) in [6, 6.07) is 6.37. The third-order valence-corrected chi connectivity index (χ3v) is 4.53. The van der Waals surface area contributed by atoms with Crippen molar-refractivity contribution in [1.29, 1.82) is 0 Å². The third-order valence-electron chi connectivity index (χ3n) is 4.53. The molecule has 2 rings (SSSR count). The van der Waals surface area contributed by atoms with Crippen LogP contribution < -0.4 is 5.32 Å². The maximum absolute atomic E-state index is 12.3. The van der Waals surface area contributed by atoms with E-state index in [0.717, 1.165) is 0 Å². The van der Waals surface area contributed by atoms with Crippen molar-refractivity contribution in [3.05, 3.63) is 57.7 Å². The van der Waals surface area contributed by atoms with Gasteiger partial charge < -0.3 is 5.32 Å². The summed E-state index contributed by atoms with van der Waals surface area (Å²) in [6.07, 6.45) is 0.304. The van der Waals surface area contributed by atoms with E-state index in [1.54, 1.807) is 45.0 Å². The minimum Gasteiger partial charge on any atom is -0.352 e. The van der Waals surface area contributed by atoms with Crippen LogP contribution in [0.4, 0.5) is 0 Å². The van der Waals surface area contributed by atoms with Crippen LogP contribution in [0.25, 0.3) is 0 Å². The van der Waals surface area contributed by atoms with E-state index >= 15 is 0 Å². The van der Waals surface area contributed by atoms with Crippen LogP contribution in [-0.2, 0) is 9.59 Å². The molecule has 0 spiro atoms. The summed E-state index contributed by atoms with van der Waals surface area (Å²) in [5.74, 6) is -0.590. The Morgan fingerprint density at radius 2 is 1.36 bits per heavy atom. The summed E-state index contributed by atoms with van der Waals surface area (Å²) < 4.78 is 0. The number of amides is 1. The van der Waals surface area contributed by atoms with Crippen LogP contribution in [0.3, 0.4) is 0 Å². The second-order valence-electron chi connectivity index (χ2n) is 6.15. The van der Waals surface area contributed by atoms with E-state index in [1.807, 2.05) is 0 Å². The largest absolute Gasteiger partial charge is 0.352 e. The maximum atomic E-state index is 12.3. The molecule has 0 bridgehead atoms. The molecule has 0 aliphatic heterocycles. The monoisotopic (exact) mass is 339 g/mol. The Morgan fingerprint density at radius 3 is 1.92 bits per heavy atom. The van der Waals surface area contributed by atoms with Gasteiger partial charge in [-0.05, 0) is 46.2 Å². The van der Waals surface area contributed by atoms with Crippen molar-refractivity contribution in [3.8, 4) is 0 Å². The summed E-state index contributed by atoms with van der Waals surface area (Å²) in [7, 11) is 0. The zero-order valence-electron chi connectivity index (χ0n) is 14.9. The lowest BCUT2D eigenvalue weighted by atomic mass is 9.84. The molecule has 1 aromatic carbocycles. The zero-order valence-corrected chi connectivity index (χ0v) is 14.9. The smallest absolute Gasteiger partial charge is 0.251 e. The van der Waals surface area contributed by atoms with Gasteiger partial charge in [0.05, 0.1) is 0 Å². The van der Waals surface area contributed by atoms with E-state index in [-0.39, 0.29) is 29.8 Å². The molecule has 5 nitrogen and oxygen atoms in total. The Bertz CT molecular complexity index is 826. The lowest BCUT2D eigenvalue weighted by Gasteiger charge is -2.18. The standard InChI is InChI=1S/C20H21NO4/c1-11-12(2)19(24)17(13(3)18(11)23)9-10-21-20(25)16-7-5-15(6-8-16)14(4)22/h5-8H,9-10H2,1-4H3,(H,21,25). The van der Waals surface area contributed by atoms with Crippen molar-refractivity contribution < 1.29 is 19.2 Å². The molecule has 0 saturated heterocycles. The fraction of sp³-hybridized carbons (Fsp3) is 0.300. The van der Waals surface area contributed by atoms with Gasteiger partial charge in [-0.2, -0.15) is 0 Å². The van der Waals surface area contributed by atoms with Crippen LogP contribution in [0.2, 0.25) is 0 Å². The molecule has 0 aromatic heterocycles. The van der Waals surface area contributed by atoms with E-state index < -0.39 is 0 Å². The molecule has 1 amide bonds. The number of nitrogens with one attached hydrogen (secondary N) is 1. The highest BCUT2D eigenvalue weighted by molar-refractivity contribution is 6.24. The summed E-state index contributed by atoms with van der Waals surface area (Å²) in [5.41, 5.74) is 2.85. The van der Waals surface area contributed by atoms with Gasteiger partial charge in [-0.15, -0.1) is 0 Å². The first-order valence-corrected chi connectivity index (χ1v) is 8.09. The van der Waals surface area contributed by atoms with Crippen LogP contribution >= 0.6 is 0 Å². The molecule has 1 aliphatic rings. The zero-order chi connectivity index (χ0) is 18.7. The number of ketones is 3. The van der Waals surface area contributed by atoms with E-state index in [4.69, 9.17) is 0 Å². The topological polar surface area (TPSA) is 80.3 Å². The lowest BCUT2D eigenvalue weighted by molar-refractivity contribution is -0.116. The number of benzene rings is 1. The number of Topliss-reactive ketones (excluding diaryl/α,β-unsaturated/α-hetero) is 3. The van der Waals surface area contributed by atoms with Crippen LogP contribution in [0.1, 0.15) is 54.8 Å². The highest BCUT2D eigenvalue weighted by atomic mass is 16.2. The number of hydrogen-bond donors (Lipinski definition) is 1. The SMILES string of the molecule is CC(=O)c1ccc(C(=O)NCCC2=C(C)C(=O)C(C)=C(C)C2=O)cc1. The molecule has 0 heterocycles. The van der Waals surface area contributed by atoms with Gasteiger partial charge in [-0.1, -0.05) is 12.1 Å². The van der Waals surface area contributed by atoms with Gasteiger partial charge in [0.1, 0.15) is 0 Å².